The third-order valence-electron chi connectivity index (χ3n) is 5.12. The van der Waals surface area contributed by atoms with E-state index >= 15 is 0 Å². The molecular weight excluding hydrogens is 331 g/mol. The Hall–Kier alpha value is -2.24. The third kappa shape index (κ3) is 4.48. The van der Waals surface area contributed by atoms with Crippen LogP contribution in [0.5, 0.6) is 0 Å². The molecule has 1 aliphatic heterocycles. The Bertz CT molecular complexity index is 721. The van der Waals surface area contributed by atoms with Crippen LogP contribution in [0.25, 0.3) is 0 Å². The number of amides is 1. The van der Waals surface area contributed by atoms with Gasteiger partial charge in [0, 0.05) is 26.2 Å². The molecule has 0 aromatic heterocycles. The number of benzene rings is 2. The van der Waals surface area contributed by atoms with Crippen LogP contribution in [0.3, 0.4) is 0 Å². The smallest absolute Gasteiger partial charge is 0.227 e. The van der Waals surface area contributed by atoms with Gasteiger partial charge in [0.05, 0.1) is 5.41 Å². The van der Waals surface area contributed by atoms with Gasteiger partial charge in [0.25, 0.3) is 0 Å². The number of aliphatic hydroxyl groups excluding tert-OH is 1. The summed E-state index contributed by atoms with van der Waals surface area (Å²) < 4.78 is 13.0. The van der Waals surface area contributed by atoms with Gasteiger partial charge in [-0.3, -0.25) is 9.69 Å². The highest BCUT2D eigenvalue weighted by atomic mass is 19.1. The molecular formula is C21H25FN2O2. The number of carbonyl (C=O) groups excluding carboxylic acids is 1. The van der Waals surface area contributed by atoms with Crippen molar-refractivity contribution < 1.29 is 14.3 Å². The second kappa shape index (κ2) is 8.43. The SMILES string of the molecule is O=C(NCc1ccc(F)cc1)[C@@]1(CCO)CCN(Cc2ccccc2)C1. The fourth-order valence-corrected chi connectivity index (χ4v) is 3.62. The van der Waals surface area contributed by atoms with Crippen molar-refractivity contribution >= 4 is 5.91 Å². The van der Waals surface area contributed by atoms with Crippen LogP contribution in [-0.4, -0.2) is 35.6 Å². The van der Waals surface area contributed by atoms with Crippen molar-refractivity contribution in [3.63, 3.8) is 0 Å². The van der Waals surface area contributed by atoms with E-state index in [2.05, 4.69) is 22.3 Å². The summed E-state index contributed by atoms with van der Waals surface area (Å²) in [5.41, 5.74) is 1.51. The first-order valence-electron chi connectivity index (χ1n) is 9.01. The summed E-state index contributed by atoms with van der Waals surface area (Å²) in [5.74, 6) is -0.324. The normalized spacial score (nSPS) is 20.2. The molecule has 2 aromatic carbocycles. The first-order chi connectivity index (χ1) is 12.6. The predicted molar refractivity (Wildman–Crippen MR) is 98.7 cm³/mol. The molecule has 0 saturated carbocycles. The Morgan fingerprint density at radius 3 is 2.54 bits per heavy atom. The molecule has 0 radical (unpaired) electrons. The number of nitrogens with one attached hydrogen (secondary N) is 1. The fourth-order valence-electron chi connectivity index (χ4n) is 3.62. The number of halogens is 1. The third-order valence-corrected chi connectivity index (χ3v) is 5.12. The second-order valence-corrected chi connectivity index (χ2v) is 7.01. The molecule has 0 spiro atoms. The van der Waals surface area contributed by atoms with Crippen LogP contribution >= 0.6 is 0 Å². The van der Waals surface area contributed by atoms with Crippen molar-refractivity contribution in [2.75, 3.05) is 19.7 Å². The fraction of sp³-hybridized carbons (Fsp3) is 0.381. The van der Waals surface area contributed by atoms with E-state index < -0.39 is 5.41 Å². The van der Waals surface area contributed by atoms with E-state index in [9.17, 15) is 14.3 Å². The van der Waals surface area contributed by atoms with Crippen molar-refractivity contribution in [2.24, 2.45) is 5.41 Å². The number of carbonyl (C=O) groups is 1. The average Bonchev–Trinajstić information content (AvgIpc) is 3.06. The Balaban J connectivity index is 1.61. The molecule has 1 heterocycles. The maximum Gasteiger partial charge on any atom is 0.227 e. The molecule has 0 unspecified atom stereocenters. The molecule has 4 nitrogen and oxygen atoms in total. The molecule has 1 fully saturated rings. The molecule has 0 bridgehead atoms. The highest BCUT2D eigenvalue weighted by molar-refractivity contribution is 5.83. The van der Waals surface area contributed by atoms with Gasteiger partial charge < -0.3 is 10.4 Å². The summed E-state index contributed by atoms with van der Waals surface area (Å²) in [4.78, 5) is 15.1. The van der Waals surface area contributed by atoms with E-state index in [1.165, 1.54) is 17.7 Å². The van der Waals surface area contributed by atoms with Gasteiger partial charge in [-0.15, -0.1) is 0 Å². The molecule has 1 saturated heterocycles. The summed E-state index contributed by atoms with van der Waals surface area (Å²) in [6, 6.07) is 16.3. The lowest BCUT2D eigenvalue weighted by Crippen LogP contribution is -2.43. The lowest BCUT2D eigenvalue weighted by molar-refractivity contribution is -0.131. The monoisotopic (exact) mass is 356 g/mol. The van der Waals surface area contributed by atoms with Crippen LogP contribution in [0.4, 0.5) is 4.39 Å². The molecule has 138 valence electrons. The van der Waals surface area contributed by atoms with Crippen molar-refractivity contribution in [1.82, 2.24) is 10.2 Å². The average molecular weight is 356 g/mol. The standard InChI is InChI=1S/C21H25FN2O2/c22-19-8-6-17(7-9-19)14-23-20(26)21(11-13-25)10-12-24(16-21)15-18-4-2-1-3-5-18/h1-9,25H,10-16H2,(H,23,26)/t21-/m1/s1. The highest BCUT2D eigenvalue weighted by Gasteiger charge is 2.43. The molecule has 0 aliphatic carbocycles. The minimum Gasteiger partial charge on any atom is -0.396 e. The van der Waals surface area contributed by atoms with Gasteiger partial charge in [-0.25, -0.2) is 4.39 Å². The van der Waals surface area contributed by atoms with Crippen LogP contribution in [0, 0.1) is 11.2 Å². The molecule has 5 heteroatoms. The summed E-state index contributed by atoms with van der Waals surface area (Å²) in [6.07, 6.45) is 1.18. The van der Waals surface area contributed by atoms with Crippen molar-refractivity contribution in [1.29, 1.82) is 0 Å². The van der Waals surface area contributed by atoms with Gasteiger partial charge in [0.2, 0.25) is 5.91 Å². The Morgan fingerprint density at radius 2 is 1.85 bits per heavy atom. The zero-order valence-electron chi connectivity index (χ0n) is 14.8. The molecule has 1 aliphatic rings. The number of hydrogen-bond acceptors (Lipinski definition) is 3. The van der Waals surface area contributed by atoms with Gasteiger partial charge >= 0.3 is 0 Å². The minimum atomic E-state index is -0.566. The largest absolute Gasteiger partial charge is 0.396 e. The molecule has 1 atom stereocenters. The van der Waals surface area contributed by atoms with Crippen molar-refractivity contribution in [3.05, 3.63) is 71.5 Å². The van der Waals surface area contributed by atoms with E-state index in [4.69, 9.17) is 0 Å². The van der Waals surface area contributed by atoms with Crippen LogP contribution in [0.2, 0.25) is 0 Å². The highest BCUT2D eigenvalue weighted by Crippen LogP contribution is 2.35. The topological polar surface area (TPSA) is 52.6 Å². The predicted octanol–water partition coefficient (Wildman–Crippen LogP) is 2.72. The Labute approximate surface area is 153 Å². The Morgan fingerprint density at radius 1 is 1.12 bits per heavy atom. The lowest BCUT2D eigenvalue weighted by Gasteiger charge is -2.28. The van der Waals surface area contributed by atoms with Gasteiger partial charge in [-0.05, 0) is 42.6 Å². The number of hydrogen-bond donors (Lipinski definition) is 2. The Kier molecular flexibility index (Phi) is 6.01. The molecule has 2 aromatic rings. The maximum absolute atomic E-state index is 13.0. The number of aliphatic hydroxyl groups is 1. The van der Waals surface area contributed by atoms with E-state index in [0.717, 1.165) is 25.1 Å². The zero-order chi connectivity index (χ0) is 18.4. The quantitative estimate of drug-likeness (QED) is 0.802. The molecule has 2 N–H and O–H groups in total. The summed E-state index contributed by atoms with van der Waals surface area (Å²) in [7, 11) is 0. The number of likely N-dealkylation sites (tertiary alicyclic amines) is 1. The van der Waals surface area contributed by atoms with E-state index in [1.54, 1.807) is 12.1 Å². The van der Waals surface area contributed by atoms with Gasteiger partial charge in [0.15, 0.2) is 0 Å². The second-order valence-electron chi connectivity index (χ2n) is 7.01. The zero-order valence-corrected chi connectivity index (χ0v) is 14.8. The van der Waals surface area contributed by atoms with Gasteiger partial charge in [0.1, 0.15) is 5.82 Å². The van der Waals surface area contributed by atoms with Gasteiger partial charge in [-0.2, -0.15) is 0 Å². The molecule has 1 amide bonds. The van der Waals surface area contributed by atoms with Crippen molar-refractivity contribution in [2.45, 2.75) is 25.9 Å². The number of rotatable bonds is 7. The molecule has 3 rings (SSSR count). The first kappa shape index (κ1) is 18.5. The van der Waals surface area contributed by atoms with Crippen LogP contribution in [-0.2, 0) is 17.9 Å². The van der Waals surface area contributed by atoms with Crippen LogP contribution in [0.1, 0.15) is 24.0 Å². The number of nitrogens with zero attached hydrogens (tertiary/aromatic N) is 1. The maximum atomic E-state index is 13.0. The molecule has 26 heavy (non-hydrogen) atoms. The first-order valence-corrected chi connectivity index (χ1v) is 9.01. The van der Waals surface area contributed by atoms with E-state index in [1.807, 2.05) is 18.2 Å². The summed E-state index contributed by atoms with van der Waals surface area (Å²) in [5, 5.41) is 12.5. The van der Waals surface area contributed by atoms with Crippen LogP contribution in [0.15, 0.2) is 54.6 Å². The lowest BCUT2D eigenvalue weighted by atomic mass is 9.82. The van der Waals surface area contributed by atoms with Crippen molar-refractivity contribution in [3.8, 4) is 0 Å². The summed E-state index contributed by atoms with van der Waals surface area (Å²) in [6.45, 7) is 2.63. The summed E-state index contributed by atoms with van der Waals surface area (Å²) >= 11 is 0. The van der Waals surface area contributed by atoms with E-state index in [0.29, 0.717) is 19.5 Å². The van der Waals surface area contributed by atoms with Crippen LogP contribution < -0.4 is 5.32 Å². The van der Waals surface area contributed by atoms with E-state index in [-0.39, 0.29) is 18.3 Å². The van der Waals surface area contributed by atoms with Gasteiger partial charge in [-0.1, -0.05) is 42.5 Å². The minimum absolute atomic E-state index is 0.0108.